The van der Waals surface area contributed by atoms with E-state index in [4.69, 9.17) is 0 Å². The Kier molecular flexibility index (Phi) is 9.59. The van der Waals surface area contributed by atoms with Crippen molar-refractivity contribution < 1.29 is 19.1 Å². The van der Waals surface area contributed by atoms with Gasteiger partial charge in [0.25, 0.3) is 5.91 Å². The zero-order valence-corrected chi connectivity index (χ0v) is 26.6. The van der Waals surface area contributed by atoms with Crippen LogP contribution in [0, 0.1) is 11.7 Å². The smallest absolute Gasteiger partial charge is 0.326 e. The van der Waals surface area contributed by atoms with E-state index in [2.05, 4.69) is 43.0 Å². The maximum Gasteiger partial charge on any atom is 0.326 e. The van der Waals surface area contributed by atoms with Crippen LogP contribution in [0.4, 0.5) is 4.39 Å². The molecule has 0 spiro atoms. The molecular formula is C36H40FN3O3S. The Hall–Kier alpha value is -3.91. The van der Waals surface area contributed by atoms with Gasteiger partial charge in [0, 0.05) is 40.4 Å². The maximum absolute atomic E-state index is 15.2. The molecular weight excluding hydrogens is 573 g/mol. The maximum atomic E-state index is 15.2. The van der Waals surface area contributed by atoms with Gasteiger partial charge in [-0.1, -0.05) is 70.5 Å². The van der Waals surface area contributed by atoms with Crippen molar-refractivity contribution >= 4 is 23.2 Å². The summed E-state index contributed by atoms with van der Waals surface area (Å²) < 4.78 is 15.2. The summed E-state index contributed by atoms with van der Waals surface area (Å²) in [6.07, 6.45) is 9.28. The number of carbonyl (C=O) groups excluding carboxylic acids is 1. The third-order valence-corrected chi connectivity index (χ3v) is 10.2. The number of thiophene rings is 1. The molecule has 2 aromatic carbocycles. The quantitative estimate of drug-likeness (QED) is 0.198. The van der Waals surface area contributed by atoms with Crippen molar-refractivity contribution in [1.29, 1.82) is 0 Å². The van der Waals surface area contributed by atoms with Crippen LogP contribution >= 0.6 is 11.3 Å². The number of nitrogens with one attached hydrogen (secondary N) is 1. The van der Waals surface area contributed by atoms with Crippen molar-refractivity contribution in [2.75, 3.05) is 0 Å². The molecule has 44 heavy (non-hydrogen) atoms. The largest absolute Gasteiger partial charge is 0.480 e. The van der Waals surface area contributed by atoms with Gasteiger partial charge in [0.05, 0.1) is 4.88 Å². The average molecular weight is 614 g/mol. The monoisotopic (exact) mass is 613 g/mol. The molecule has 0 aliphatic heterocycles. The molecule has 2 aromatic heterocycles. The summed E-state index contributed by atoms with van der Waals surface area (Å²) in [7, 11) is 0. The summed E-state index contributed by atoms with van der Waals surface area (Å²) in [4.78, 5) is 35.3. The number of carboxylic acids is 1. The number of hydrogen-bond donors (Lipinski definition) is 2. The molecule has 5 rings (SSSR count). The van der Waals surface area contributed by atoms with Crippen molar-refractivity contribution in [3.8, 4) is 22.5 Å². The van der Waals surface area contributed by atoms with Crippen LogP contribution in [0.15, 0.2) is 67.0 Å². The molecule has 1 amide bonds. The van der Waals surface area contributed by atoms with Crippen molar-refractivity contribution in [2.24, 2.45) is 5.92 Å². The zero-order chi connectivity index (χ0) is 31.4. The molecule has 8 heteroatoms. The number of carboxylic acid groups (broad SMARTS) is 1. The van der Waals surface area contributed by atoms with E-state index in [1.54, 1.807) is 24.5 Å². The molecule has 0 radical (unpaired) electrons. The minimum absolute atomic E-state index is 0.0874. The minimum atomic E-state index is -1.10. The summed E-state index contributed by atoms with van der Waals surface area (Å²) in [5, 5.41) is 12.4. The van der Waals surface area contributed by atoms with Crippen molar-refractivity contribution in [3.63, 3.8) is 0 Å². The first-order valence-electron chi connectivity index (χ1n) is 15.4. The van der Waals surface area contributed by atoms with Crippen LogP contribution < -0.4 is 5.32 Å². The molecule has 1 atom stereocenters. The molecule has 0 bridgehead atoms. The predicted molar refractivity (Wildman–Crippen MR) is 173 cm³/mol. The molecule has 1 aliphatic carbocycles. The molecule has 1 saturated carbocycles. The van der Waals surface area contributed by atoms with Crippen molar-refractivity contribution in [3.05, 3.63) is 93.7 Å². The van der Waals surface area contributed by atoms with Gasteiger partial charge < -0.3 is 10.4 Å². The second kappa shape index (κ2) is 13.4. The number of aromatic nitrogens is 2. The van der Waals surface area contributed by atoms with E-state index in [-0.39, 0.29) is 17.7 Å². The van der Waals surface area contributed by atoms with Gasteiger partial charge in [0.2, 0.25) is 0 Å². The first-order chi connectivity index (χ1) is 21.0. The Balaban J connectivity index is 1.22. The lowest BCUT2D eigenvalue weighted by atomic mass is 9.77. The van der Waals surface area contributed by atoms with Gasteiger partial charge in [0.1, 0.15) is 11.9 Å². The highest BCUT2D eigenvalue weighted by molar-refractivity contribution is 7.14. The predicted octanol–water partition coefficient (Wildman–Crippen LogP) is 8.42. The standard InChI is InChI=1S/C36H40FN3O3S/c1-5-22-6-10-24(11-7-22)26-14-15-28(29(37)19-26)27-20-38-33(39-21-27)25-12-8-23(9-13-25)18-30(35(42)43)40-34(41)31-16-17-32(44-31)36(2,3)4/h8-9,12-17,19-22,24,30H,5-7,10-11,18H2,1-4H3,(H,40,41)(H,42,43)/t22-,24-,30-/m0/s1. The molecule has 1 fully saturated rings. The Labute approximate surface area is 262 Å². The highest BCUT2D eigenvalue weighted by atomic mass is 32.1. The van der Waals surface area contributed by atoms with E-state index in [1.807, 2.05) is 42.5 Å². The fourth-order valence-corrected chi connectivity index (χ4v) is 6.82. The number of carbonyl (C=O) groups is 2. The highest BCUT2D eigenvalue weighted by Gasteiger charge is 2.25. The molecule has 0 unspecified atom stereocenters. The van der Waals surface area contributed by atoms with Crippen LogP contribution in [0.25, 0.3) is 22.5 Å². The second-order valence-electron chi connectivity index (χ2n) is 12.8. The summed E-state index contributed by atoms with van der Waals surface area (Å²) in [5.74, 6) is -0.0375. The van der Waals surface area contributed by atoms with Gasteiger partial charge in [-0.2, -0.15) is 0 Å². The Morgan fingerprint density at radius 1 is 0.977 bits per heavy atom. The molecule has 0 saturated heterocycles. The summed E-state index contributed by atoms with van der Waals surface area (Å²) in [6, 6.07) is 15.4. The van der Waals surface area contributed by atoms with Crippen molar-refractivity contribution in [2.45, 2.75) is 83.6 Å². The Morgan fingerprint density at radius 3 is 2.23 bits per heavy atom. The van der Waals surface area contributed by atoms with Crippen LogP contribution in [-0.4, -0.2) is 33.0 Å². The van der Waals surface area contributed by atoms with Gasteiger partial charge in [-0.05, 0) is 72.3 Å². The number of aliphatic carboxylic acids is 1. The zero-order valence-electron chi connectivity index (χ0n) is 25.8. The Morgan fingerprint density at radius 2 is 1.66 bits per heavy atom. The third-order valence-electron chi connectivity index (χ3n) is 8.68. The SMILES string of the molecule is CC[C@H]1CC[C@H](c2ccc(-c3cnc(-c4ccc(C[C@H](NC(=O)c5ccc(C(C)(C)C)s5)C(=O)O)cc4)nc3)c(F)c2)CC1. The number of amides is 1. The van der Waals surface area contributed by atoms with Gasteiger partial charge in [-0.25, -0.2) is 19.2 Å². The van der Waals surface area contributed by atoms with E-state index < -0.39 is 17.9 Å². The lowest BCUT2D eigenvalue weighted by Crippen LogP contribution is -2.42. The Bertz CT molecular complexity index is 1600. The normalized spacial score (nSPS) is 17.7. The molecule has 4 aromatic rings. The van der Waals surface area contributed by atoms with Crippen LogP contribution in [0.3, 0.4) is 0 Å². The first kappa shape index (κ1) is 31.5. The number of benzene rings is 2. The molecule has 230 valence electrons. The summed E-state index contributed by atoms with van der Waals surface area (Å²) >= 11 is 1.38. The van der Waals surface area contributed by atoms with E-state index in [0.717, 1.165) is 40.3 Å². The van der Waals surface area contributed by atoms with E-state index in [1.165, 1.54) is 30.6 Å². The lowest BCUT2D eigenvalue weighted by Gasteiger charge is -2.28. The van der Waals surface area contributed by atoms with Crippen LogP contribution in [-0.2, 0) is 16.6 Å². The molecule has 2 heterocycles. The molecule has 2 N–H and O–H groups in total. The second-order valence-corrected chi connectivity index (χ2v) is 13.9. The van der Waals surface area contributed by atoms with Crippen LogP contribution in [0.1, 0.15) is 91.4 Å². The summed E-state index contributed by atoms with van der Waals surface area (Å²) in [6.45, 7) is 8.46. The van der Waals surface area contributed by atoms with Crippen LogP contribution in [0.5, 0.6) is 0 Å². The third kappa shape index (κ3) is 7.41. The van der Waals surface area contributed by atoms with Gasteiger partial charge >= 0.3 is 5.97 Å². The van der Waals surface area contributed by atoms with Gasteiger partial charge in [-0.3, -0.25) is 4.79 Å². The lowest BCUT2D eigenvalue weighted by molar-refractivity contribution is -0.139. The van der Waals surface area contributed by atoms with Gasteiger partial charge in [0.15, 0.2) is 5.82 Å². The fraction of sp³-hybridized carbons (Fsp3) is 0.389. The molecule has 6 nitrogen and oxygen atoms in total. The number of rotatable bonds is 9. The van der Waals surface area contributed by atoms with E-state index >= 15 is 4.39 Å². The number of hydrogen-bond acceptors (Lipinski definition) is 5. The van der Waals surface area contributed by atoms with Crippen molar-refractivity contribution in [1.82, 2.24) is 15.3 Å². The first-order valence-corrected chi connectivity index (χ1v) is 16.2. The van der Waals surface area contributed by atoms with E-state index in [9.17, 15) is 14.7 Å². The minimum Gasteiger partial charge on any atom is -0.480 e. The average Bonchev–Trinajstić information content (AvgIpc) is 3.53. The summed E-state index contributed by atoms with van der Waals surface area (Å²) in [5.41, 5.74) is 3.59. The highest BCUT2D eigenvalue weighted by Crippen LogP contribution is 2.38. The van der Waals surface area contributed by atoms with E-state index in [0.29, 0.717) is 27.7 Å². The van der Waals surface area contributed by atoms with Gasteiger partial charge in [-0.15, -0.1) is 11.3 Å². The molecule has 1 aliphatic rings. The fourth-order valence-electron chi connectivity index (χ4n) is 5.86. The topological polar surface area (TPSA) is 92.2 Å². The number of nitrogens with zero attached hydrogens (tertiary/aromatic N) is 2. The van der Waals surface area contributed by atoms with Crippen LogP contribution in [0.2, 0.25) is 0 Å². The number of halogens is 1.